The number of unbranched alkanes of at least 4 members (excludes halogenated alkanes) is 3. The van der Waals surface area contributed by atoms with Gasteiger partial charge < -0.3 is 4.74 Å². The summed E-state index contributed by atoms with van der Waals surface area (Å²) < 4.78 is 5.29. The minimum absolute atomic E-state index is 0.728. The summed E-state index contributed by atoms with van der Waals surface area (Å²) in [6.07, 6.45) is 6.79. The lowest BCUT2D eigenvalue weighted by molar-refractivity contribution is 0.112. The fraction of sp³-hybridized carbons (Fsp3) is 0.500. The molecule has 0 unspecified atom stereocenters. The molecule has 0 aliphatic carbocycles. The van der Waals surface area contributed by atoms with Crippen molar-refractivity contribution in [2.45, 2.75) is 39.0 Å². The van der Waals surface area contributed by atoms with Gasteiger partial charge in [0.05, 0.1) is 7.11 Å². The van der Waals surface area contributed by atoms with Crippen LogP contribution < -0.4 is 4.74 Å². The molecule has 2 heteroatoms. The lowest BCUT2D eigenvalue weighted by atomic mass is 10.0. The van der Waals surface area contributed by atoms with Crippen LogP contribution in [-0.4, -0.2) is 13.4 Å². The molecule has 2 nitrogen and oxygen atoms in total. The van der Waals surface area contributed by atoms with Crippen molar-refractivity contribution in [3.05, 3.63) is 29.3 Å². The third kappa shape index (κ3) is 3.69. The molecule has 0 atom stereocenters. The second-order valence-corrected chi connectivity index (χ2v) is 4.00. The zero-order valence-corrected chi connectivity index (χ0v) is 10.2. The Morgan fingerprint density at radius 3 is 2.69 bits per heavy atom. The van der Waals surface area contributed by atoms with Gasteiger partial charge in [-0.15, -0.1) is 0 Å². The molecule has 1 aromatic carbocycles. The normalized spacial score (nSPS) is 10.1. The van der Waals surface area contributed by atoms with Crippen LogP contribution in [0.15, 0.2) is 18.2 Å². The van der Waals surface area contributed by atoms with Gasteiger partial charge in [-0.1, -0.05) is 26.2 Å². The Bertz CT molecular complexity index is 332. The van der Waals surface area contributed by atoms with Crippen molar-refractivity contribution in [3.8, 4) is 5.75 Å². The summed E-state index contributed by atoms with van der Waals surface area (Å²) in [5.41, 5.74) is 1.87. The van der Waals surface area contributed by atoms with E-state index in [1.54, 1.807) is 13.2 Å². The summed E-state index contributed by atoms with van der Waals surface area (Å²) in [6.45, 7) is 2.20. The molecular formula is C14H20O2. The van der Waals surface area contributed by atoms with Crippen LogP contribution in [0.3, 0.4) is 0 Å². The molecule has 1 rings (SSSR count). The molecule has 1 aromatic rings. The van der Waals surface area contributed by atoms with E-state index < -0.39 is 0 Å². The molecule has 0 bridgehead atoms. The molecular weight excluding hydrogens is 200 g/mol. The van der Waals surface area contributed by atoms with Gasteiger partial charge in [-0.3, -0.25) is 4.79 Å². The number of rotatable bonds is 7. The van der Waals surface area contributed by atoms with E-state index in [-0.39, 0.29) is 0 Å². The number of hydrogen-bond donors (Lipinski definition) is 0. The second-order valence-electron chi connectivity index (χ2n) is 4.00. The minimum atomic E-state index is 0.728. The fourth-order valence-corrected chi connectivity index (χ4v) is 1.81. The first-order valence-corrected chi connectivity index (χ1v) is 5.94. The van der Waals surface area contributed by atoms with E-state index in [0.717, 1.165) is 36.0 Å². The Labute approximate surface area is 97.6 Å². The van der Waals surface area contributed by atoms with Crippen LogP contribution in [-0.2, 0) is 6.42 Å². The average molecular weight is 220 g/mol. The first kappa shape index (κ1) is 12.8. The minimum Gasteiger partial charge on any atom is -0.496 e. The summed E-state index contributed by atoms with van der Waals surface area (Å²) in [5, 5.41) is 0. The highest BCUT2D eigenvalue weighted by molar-refractivity contribution is 5.75. The lowest BCUT2D eigenvalue weighted by Crippen LogP contribution is -1.94. The van der Waals surface area contributed by atoms with Gasteiger partial charge in [0.15, 0.2) is 0 Å². The molecule has 0 N–H and O–H groups in total. The van der Waals surface area contributed by atoms with Crippen molar-refractivity contribution in [2.24, 2.45) is 0 Å². The molecule has 0 spiro atoms. The second kappa shape index (κ2) is 7.04. The third-order valence-electron chi connectivity index (χ3n) is 2.74. The summed E-state index contributed by atoms with van der Waals surface area (Å²) in [7, 11) is 1.67. The van der Waals surface area contributed by atoms with E-state index in [9.17, 15) is 4.79 Å². The standard InChI is InChI=1S/C14H20O2/c1-3-4-5-6-7-13-10-12(11-15)8-9-14(13)16-2/h8-11H,3-7H2,1-2H3. The zero-order chi connectivity index (χ0) is 11.8. The third-order valence-corrected chi connectivity index (χ3v) is 2.74. The number of carbonyl (C=O) groups is 1. The highest BCUT2D eigenvalue weighted by Gasteiger charge is 2.03. The van der Waals surface area contributed by atoms with Gasteiger partial charge in [-0.05, 0) is 36.6 Å². The van der Waals surface area contributed by atoms with Gasteiger partial charge in [-0.2, -0.15) is 0 Å². The molecule has 0 aliphatic rings. The van der Waals surface area contributed by atoms with Gasteiger partial charge in [-0.25, -0.2) is 0 Å². The maximum atomic E-state index is 10.7. The smallest absolute Gasteiger partial charge is 0.150 e. The maximum Gasteiger partial charge on any atom is 0.150 e. The van der Waals surface area contributed by atoms with Crippen LogP contribution in [0.5, 0.6) is 5.75 Å². The fourth-order valence-electron chi connectivity index (χ4n) is 1.81. The Morgan fingerprint density at radius 1 is 1.25 bits per heavy atom. The van der Waals surface area contributed by atoms with Crippen LogP contribution in [0, 0.1) is 0 Å². The van der Waals surface area contributed by atoms with Crippen LogP contribution in [0.25, 0.3) is 0 Å². The van der Waals surface area contributed by atoms with E-state index in [0.29, 0.717) is 0 Å². The quantitative estimate of drug-likeness (QED) is 0.518. The van der Waals surface area contributed by atoms with Crippen molar-refractivity contribution < 1.29 is 9.53 Å². The molecule has 0 saturated heterocycles. The van der Waals surface area contributed by atoms with Gasteiger partial charge in [0, 0.05) is 5.56 Å². The Morgan fingerprint density at radius 2 is 2.06 bits per heavy atom. The molecule has 0 fully saturated rings. The molecule has 0 radical (unpaired) electrons. The first-order valence-electron chi connectivity index (χ1n) is 5.94. The van der Waals surface area contributed by atoms with Gasteiger partial charge in [0.25, 0.3) is 0 Å². The van der Waals surface area contributed by atoms with Crippen LogP contribution in [0.1, 0.15) is 48.5 Å². The lowest BCUT2D eigenvalue weighted by Gasteiger charge is -2.08. The van der Waals surface area contributed by atoms with Crippen molar-refractivity contribution >= 4 is 6.29 Å². The van der Waals surface area contributed by atoms with Gasteiger partial charge in [0.1, 0.15) is 12.0 Å². The zero-order valence-electron chi connectivity index (χ0n) is 10.2. The monoisotopic (exact) mass is 220 g/mol. The van der Waals surface area contributed by atoms with E-state index in [1.807, 2.05) is 12.1 Å². The molecule has 16 heavy (non-hydrogen) atoms. The maximum absolute atomic E-state index is 10.7. The van der Waals surface area contributed by atoms with E-state index in [4.69, 9.17) is 4.74 Å². The number of hydrogen-bond acceptors (Lipinski definition) is 2. The SMILES string of the molecule is CCCCCCc1cc(C=O)ccc1OC. The van der Waals surface area contributed by atoms with Gasteiger partial charge >= 0.3 is 0 Å². The van der Waals surface area contributed by atoms with Gasteiger partial charge in [0.2, 0.25) is 0 Å². The summed E-state index contributed by atoms with van der Waals surface area (Å²) in [6, 6.07) is 5.60. The molecule has 0 aliphatic heterocycles. The van der Waals surface area contributed by atoms with Crippen molar-refractivity contribution in [3.63, 3.8) is 0 Å². The molecule has 0 heterocycles. The highest BCUT2D eigenvalue weighted by atomic mass is 16.5. The molecule has 0 saturated carbocycles. The van der Waals surface area contributed by atoms with Crippen molar-refractivity contribution in [1.29, 1.82) is 0 Å². The number of carbonyl (C=O) groups excluding carboxylic acids is 1. The predicted octanol–water partition coefficient (Wildman–Crippen LogP) is 3.63. The summed E-state index contributed by atoms with van der Waals surface area (Å²) >= 11 is 0. The van der Waals surface area contributed by atoms with Crippen LogP contribution in [0.2, 0.25) is 0 Å². The Hall–Kier alpha value is -1.31. The Balaban J connectivity index is 2.64. The van der Waals surface area contributed by atoms with E-state index in [2.05, 4.69) is 6.92 Å². The highest BCUT2D eigenvalue weighted by Crippen LogP contribution is 2.21. The molecule has 0 aromatic heterocycles. The summed E-state index contributed by atoms with van der Waals surface area (Å²) in [4.78, 5) is 10.7. The first-order chi connectivity index (χ1) is 7.81. The average Bonchev–Trinajstić information content (AvgIpc) is 2.34. The van der Waals surface area contributed by atoms with Crippen molar-refractivity contribution in [1.82, 2.24) is 0 Å². The largest absolute Gasteiger partial charge is 0.496 e. The number of ether oxygens (including phenoxy) is 1. The molecule has 0 amide bonds. The van der Waals surface area contributed by atoms with Crippen LogP contribution >= 0.6 is 0 Å². The Kier molecular flexibility index (Phi) is 5.62. The topological polar surface area (TPSA) is 26.3 Å². The van der Waals surface area contributed by atoms with Crippen LogP contribution in [0.4, 0.5) is 0 Å². The van der Waals surface area contributed by atoms with E-state index >= 15 is 0 Å². The number of benzene rings is 1. The number of aldehydes is 1. The summed E-state index contributed by atoms with van der Waals surface area (Å²) in [5.74, 6) is 0.891. The number of aryl methyl sites for hydroxylation is 1. The van der Waals surface area contributed by atoms with E-state index in [1.165, 1.54) is 19.3 Å². The number of methoxy groups -OCH3 is 1. The molecule has 88 valence electrons. The van der Waals surface area contributed by atoms with Crippen molar-refractivity contribution in [2.75, 3.05) is 7.11 Å². The predicted molar refractivity (Wildman–Crippen MR) is 66.2 cm³/mol.